The standard InChI is InChI=1S/C13H18N4S/c1-5-6-15-13-16-10-9(8(2)3)7-18-11(10)12(14-4)17-13/h5,7-8H,1,6H2,2-4H3,(H2,14,15,16,17). The number of fused-ring (bicyclic) bond motifs is 1. The fraction of sp³-hybridized carbons (Fsp3) is 0.385. The van der Waals surface area contributed by atoms with Gasteiger partial charge in [0.15, 0.2) is 0 Å². The molecule has 0 aliphatic carbocycles. The summed E-state index contributed by atoms with van der Waals surface area (Å²) in [4.78, 5) is 9.06. The summed E-state index contributed by atoms with van der Waals surface area (Å²) in [5, 5.41) is 8.44. The first-order valence-electron chi connectivity index (χ1n) is 5.99. The Labute approximate surface area is 111 Å². The van der Waals surface area contributed by atoms with E-state index in [9.17, 15) is 0 Å². The second-order valence-electron chi connectivity index (χ2n) is 4.34. The number of hydrogen-bond acceptors (Lipinski definition) is 5. The summed E-state index contributed by atoms with van der Waals surface area (Å²) in [6, 6.07) is 0. The van der Waals surface area contributed by atoms with Gasteiger partial charge in [0.25, 0.3) is 0 Å². The van der Waals surface area contributed by atoms with Gasteiger partial charge in [-0.15, -0.1) is 17.9 Å². The van der Waals surface area contributed by atoms with Crippen molar-refractivity contribution in [1.29, 1.82) is 0 Å². The first-order valence-corrected chi connectivity index (χ1v) is 6.87. The molecule has 2 heterocycles. The van der Waals surface area contributed by atoms with Crippen molar-refractivity contribution in [3.63, 3.8) is 0 Å². The van der Waals surface area contributed by atoms with Gasteiger partial charge in [0, 0.05) is 13.6 Å². The lowest BCUT2D eigenvalue weighted by Crippen LogP contribution is -2.05. The molecule has 0 aromatic carbocycles. The van der Waals surface area contributed by atoms with E-state index in [0.717, 1.165) is 16.0 Å². The second kappa shape index (κ2) is 5.35. The molecule has 0 bridgehead atoms. The van der Waals surface area contributed by atoms with Crippen LogP contribution in [-0.2, 0) is 0 Å². The molecule has 2 N–H and O–H groups in total. The lowest BCUT2D eigenvalue weighted by atomic mass is 10.1. The van der Waals surface area contributed by atoms with Crippen molar-refractivity contribution in [2.45, 2.75) is 19.8 Å². The highest BCUT2D eigenvalue weighted by molar-refractivity contribution is 7.18. The fourth-order valence-corrected chi connectivity index (χ4v) is 2.92. The predicted octanol–water partition coefficient (Wildman–Crippen LogP) is 3.45. The van der Waals surface area contributed by atoms with Gasteiger partial charge in [-0.05, 0) is 16.9 Å². The Hall–Kier alpha value is -1.62. The number of nitrogens with zero attached hydrogens (tertiary/aromatic N) is 2. The van der Waals surface area contributed by atoms with Crippen LogP contribution in [0.1, 0.15) is 25.3 Å². The van der Waals surface area contributed by atoms with Crippen LogP contribution in [0.5, 0.6) is 0 Å². The minimum absolute atomic E-state index is 0.464. The molecule has 0 aliphatic heterocycles. The quantitative estimate of drug-likeness (QED) is 0.810. The molecule has 0 fully saturated rings. The molecule has 0 aliphatic rings. The van der Waals surface area contributed by atoms with Crippen molar-refractivity contribution >= 4 is 33.3 Å². The van der Waals surface area contributed by atoms with Crippen molar-refractivity contribution in [2.75, 3.05) is 24.2 Å². The summed E-state index contributed by atoms with van der Waals surface area (Å²) >= 11 is 1.69. The monoisotopic (exact) mass is 262 g/mol. The normalized spacial score (nSPS) is 10.9. The molecule has 18 heavy (non-hydrogen) atoms. The van der Waals surface area contributed by atoms with Crippen LogP contribution in [0.4, 0.5) is 11.8 Å². The van der Waals surface area contributed by atoms with Gasteiger partial charge in [0.1, 0.15) is 5.82 Å². The van der Waals surface area contributed by atoms with Crippen LogP contribution in [0, 0.1) is 0 Å². The molecular formula is C13H18N4S. The Kier molecular flexibility index (Phi) is 3.81. The van der Waals surface area contributed by atoms with Crippen molar-refractivity contribution in [3.05, 3.63) is 23.6 Å². The SMILES string of the molecule is C=CCNc1nc(NC)c2scc(C(C)C)c2n1. The zero-order chi connectivity index (χ0) is 13.1. The molecule has 96 valence electrons. The Morgan fingerprint density at radius 1 is 1.44 bits per heavy atom. The third-order valence-electron chi connectivity index (χ3n) is 2.71. The third kappa shape index (κ3) is 2.31. The zero-order valence-electron chi connectivity index (χ0n) is 10.9. The van der Waals surface area contributed by atoms with E-state index in [1.165, 1.54) is 5.56 Å². The average Bonchev–Trinajstić information content (AvgIpc) is 2.79. The molecule has 4 nitrogen and oxygen atoms in total. The van der Waals surface area contributed by atoms with Crippen LogP contribution < -0.4 is 10.6 Å². The van der Waals surface area contributed by atoms with Gasteiger partial charge in [0.2, 0.25) is 5.95 Å². The van der Waals surface area contributed by atoms with Crippen LogP contribution in [0.3, 0.4) is 0 Å². The first kappa shape index (κ1) is 12.8. The Morgan fingerprint density at radius 2 is 2.22 bits per heavy atom. The number of thiophene rings is 1. The minimum atomic E-state index is 0.464. The van der Waals surface area contributed by atoms with E-state index in [2.05, 4.69) is 46.4 Å². The van der Waals surface area contributed by atoms with E-state index < -0.39 is 0 Å². The van der Waals surface area contributed by atoms with E-state index in [1.54, 1.807) is 17.4 Å². The molecule has 0 amide bonds. The number of anilines is 2. The molecule has 2 rings (SSSR count). The largest absolute Gasteiger partial charge is 0.372 e. The second-order valence-corrected chi connectivity index (χ2v) is 5.22. The van der Waals surface area contributed by atoms with E-state index >= 15 is 0 Å². The summed E-state index contributed by atoms with van der Waals surface area (Å²) in [6.45, 7) is 8.71. The molecule has 0 spiro atoms. The highest BCUT2D eigenvalue weighted by Crippen LogP contribution is 2.34. The molecule has 0 radical (unpaired) electrons. The van der Waals surface area contributed by atoms with Gasteiger partial charge in [-0.2, -0.15) is 4.98 Å². The van der Waals surface area contributed by atoms with Gasteiger partial charge in [-0.1, -0.05) is 19.9 Å². The zero-order valence-corrected chi connectivity index (χ0v) is 11.8. The third-order valence-corrected chi connectivity index (χ3v) is 3.70. The Balaban J connectivity index is 2.55. The van der Waals surface area contributed by atoms with Gasteiger partial charge >= 0.3 is 0 Å². The smallest absolute Gasteiger partial charge is 0.225 e. The highest BCUT2D eigenvalue weighted by atomic mass is 32.1. The van der Waals surface area contributed by atoms with Crippen molar-refractivity contribution in [3.8, 4) is 0 Å². The van der Waals surface area contributed by atoms with Crippen LogP contribution >= 0.6 is 11.3 Å². The number of hydrogen-bond donors (Lipinski definition) is 2. The Morgan fingerprint density at radius 3 is 2.83 bits per heavy atom. The lowest BCUT2D eigenvalue weighted by molar-refractivity contribution is 0.876. The van der Waals surface area contributed by atoms with Crippen LogP contribution in [-0.4, -0.2) is 23.6 Å². The summed E-state index contributed by atoms with van der Waals surface area (Å²) in [5.41, 5.74) is 2.32. The van der Waals surface area contributed by atoms with Crippen LogP contribution in [0.2, 0.25) is 0 Å². The van der Waals surface area contributed by atoms with Gasteiger partial charge in [0.05, 0.1) is 10.2 Å². The van der Waals surface area contributed by atoms with Crippen LogP contribution in [0.25, 0.3) is 10.2 Å². The van der Waals surface area contributed by atoms with E-state index in [4.69, 9.17) is 0 Å². The maximum atomic E-state index is 4.60. The van der Waals surface area contributed by atoms with Crippen LogP contribution in [0.15, 0.2) is 18.0 Å². The van der Waals surface area contributed by atoms with Gasteiger partial charge in [-0.3, -0.25) is 0 Å². The summed E-state index contributed by atoms with van der Waals surface area (Å²) < 4.78 is 1.12. The summed E-state index contributed by atoms with van der Waals surface area (Å²) in [7, 11) is 1.88. The maximum absolute atomic E-state index is 4.60. The first-order chi connectivity index (χ1) is 8.67. The molecule has 0 unspecified atom stereocenters. The van der Waals surface area contributed by atoms with Gasteiger partial charge < -0.3 is 10.6 Å². The molecule has 5 heteroatoms. The van der Waals surface area contributed by atoms with E-state index in [1.807, 2.05) is 7.05 Å². The summed E-state index contributed by atoms with van der Waals surface area (Å²) in [6.07, 6.45) is 1.80. The number of rotatable bonds is 5. The topological polar surface area (TPSA) is 49.8 Å². The number of aromatic nitrogens is 2. The molecule has 0 atom stereocenters. The van der Waals surface area contributed by atoms with Crippen molar-refractivity contribution < 1.29 is 0 Å². The lowest BCUT2D eigenvalue weighted by Gasteiger charge is -2.08. The van der Waals surface area contributed by atoms with E-state index in [-0.39, 0.29) is 0 Å². The van der Waals surface area contributed by atoms with Crippen molar-refractivity contribution in [2.24, 2.45) is 0 Å². The highest BCUT2D eigenvalue weighted by Gasteiger charge is 2.14. The van der Waals surface area contributed by atoms with Gasteiger partial charge in [-0.25, -0.2) is 4.98 Å². The Bertz CT molecular complexity index is 559. The summed E-state index contributed by atoms with van der Waals surface area (Å²) in [5.74, 6) is 1.99. The minimum Gasteiger partial charge on any atom is -0.372 e. The molecule has 2 aromatic rings. The maximum Gasteiger partial charge on any atom is 0.225 e. The van der Waals surface area contributed by atoms with E-state index in [0.29, 0.717) is 18.4 Å². The predicted molar refractivity (Wildman–Crippen MR) is 79.7 cm³/mol. The average molecular weight is 262 g/mol. The number of nitrogens with one attached hydrogen (secondary N) is 2. The molecular weight excluding hydrogens is 244 g/mol. The fourth-order valence-electron chi connectivity index (χ4n) is 1.76. The van der Waals surface area contributed by atoms with Crippen molar-refractivity contribution in [1.82, 2.24) is 9.97 Å². The molecule has 0 saturated heterocycles. The molecule has 2 aromatic heterocycles. The molecule has 0 saturated carbocycles.